The zero-order valence-electron chi connectivity index (χ0n) is 42.1. The van der Waals surface area contributed by atoms with Crippen LogP contribution in [0.2, 0.25) is 0 Å². The first-order valence-electron chi connectivity index (χ1n) is 25.6. The maximum atomic E-state index is 12.8. The summed E-state index contributed by atoms with van der Waals surface area (Å²) in [5, 5.41) is 0. The van der Waals surface area contributed by atoms with E-state index >= 15 is 0 Å². The third-order valence-electron chi connectivity index (χ3n) is 9.71. The quantitative estimate of drug-likeness (QED) is 0.0262. The van der Waals surface area contributed by atoms with E-state index in [-0.39, 0.29) is 38.4 Å². The summed E-state index contributed by atoms with van der Waals surface area (Å²) in [6.45, 7) is 6.17. The van der Waals surface area contributed by atoms with Crippen LogP contribution < -0.4 is 0 Å². The summed E-state index contributed by atoms with van der Waals surface area (Å²) in [6.07, 6.45) is 79.4. The Hall–Kier alpha value is -5.23. The average molecular weight is 919 g/mol. The molecule has 0 aromatic rings. The van der Waals surface area contributed by atoms with Gasteiger partial charge in [-0.25, -0.2) is 0 Å². The summed E-state index contributed by atoms with van der Waals surface area (Å²) < 4.78 is 16.6. The molecule has 0 spiro atoms. The Labute approximate surface area is 409 Å². The molecule has 0 saturated heterocycles. The highest BCUT2D eigenvalue weighted by molar-refractivity contribution is 5.71. The number of rotatable bonds is 43. The molecule has 0 aliphatic carbocycles. The minimum atomic E-state index is -0.879. The van der Waals surface area contributed by atoms with Crippen molar-refractivity contribution in [3.8, 4) is 0 Å². The molecule has 0 aliphatic heterocycles. The Morgan fingerprint density at radius 1 is 0.313 bits per heavy atom. The topological polar surface area (TPSA) is 78.9 Å². The van der Waals surface area contributed by atoms with Crippen molar-refractivity contribution in [2.24, 2.45) is 0 Å². The molecule has 0 bridgehead atoms. The van der Waals surface area contributed by atoms with Crippen LogP contribution in [0.1, 0.15) is 175 Å². The van der Waals surface area contributed by atoms with E-state index < -0.39 is 18.0 Å². The molecule has 0 amide bonds. The molecule has 0 fully saturated rings. The first kappa shape index (κ1) is 61.8. The zero-order chi connectivity index (χ0) is 48.6. The van der Waals surface area contributed by atoms with Gasteiger partial charge in [0.25, 0.3) is 0 Å². The summed E-state index contributed by atoms with van der Waals surface area (Å²) >= 11 is 0. The van der Waals surface area contributed by atoms with E-state index in [2.05, 4.69) is 167 Å². The predicted molar refractivity (Wildman–Crippen MR) is 288 cm³/mol. The summed E-state index contributed by atoms with van der Waals surface area (Å²) in [7, 11) is 0. The predicted octanol–water partition coefficient (Wildman–Crippen LogP) is 17.2. The van der Waals surface area contributed by atoms with E-state index in [0.29, 0.717) is 19.3 Å². The minimum absolute atomic E-state index is 0.168. The fraction of sp³-hybridized carbons (Fsp3) is 0.492. The second-order valence-corrected chi connectivity index (χ2v) is 16.0. The van der Waals surface area contributed by atoms with Gasteiger partial charge in [0.2, 0.25) is 0 Å². The Bertz CT molecular complexity index is 1620. The summed E-state index contributed by atoms with van der Waals surface area (Å²) in [6, 6.07) is 0. The lowest BCUT2D eigenvalue weighted by Crippen LogP contribution is -2.30. The molecule has 0 N–H and O–H groups in total. The number of hydrogen-bond acceptors (Lipinski definition) is 6. The van der Waals surface area contributed by atoms with Crippen LogP contribution >= 0.6 is 0 Å². The molecule has 0 aromatic heterocycles. The Morgan fingerprint density at radius 3 is 0.940 bits per heavy atom. The van der Waals surface area contributed by atoms with Crippen molar-refractivity contribution in [1.29, 1.82) is 0 Å². The van der Waals surface area contributed by atoms with Gasteiger partial charge >= 0.3 is 17.9 Å². The fourth-order valence-corrected chi connectivity index (χ4v) is 5.94. The number of hydrogen-bond donors (Lipinski definition) is 0. The lowest BCUT2D eigenvalue weighted by atomic mass is 10.2. The Balaban J connectivity index is 4.73. The van der Waals surface area contributed by atoms with E-state index in [1.165, 1.54) is 25.7 Å². The Morgan fingerprint density at radius 2 is 0.597 bits per heavy atom. The SMILES string of the molecule is CC/C=C\C/C=C\C/C=C\C/C=C\C/C=C\CCC(=O)OCC(COC(=O)CCC/C=C\C/C=C\C/C=C\C/C=C\CCCCC)OC(=O)CC/C=C\C/C=C\C/C=C\C/C=C\C/C=C\CC. The fourth-order valence-electron chi connectivity index (χ4n) is 5.94. The first-order chi connectivity index (χ1) is 33.0. The van der Waals surface area contributed by atoms with Crippen LogP contribution in [0.3, 0.4) is 0 Å². The highest BCUT2D eigenvalue weighted by Gasteiger charge is 2.19. The molecule has 1 unspecified atom stereocenters. The normalized spacial score (nSPS) is 13.5. The lowest BCUT2D eigenvalue weighted by molar-refractivity contribution is -0.166. The molecular formula is C61H90O6. The van der Waals surface area contributed by atoms with Gasteiger partial charge in [0.15, 0.2) is 6.10 Å². The summed E-state index contributed by atoms with van der Waals surface area (Å²) in [4.78, 5) is 37.9. The van der Waals surface area contributed by atoms with Gasteiger partial charge in [-0.1, -0.05) is 204 Å². The molecule has 67 heavy (non-hydrogen) atoms. The monoisotopic (exact) mass is 919 g/mol. The van der Waals surface area contributed by atoms with Crippen LogP contribution in [0.5, 0.6) is 0 Å². The third kappa shape index (κ3) is 51.6. The lowest BCUT2D eigenvalue weighted by Gasteiger charge is -2.18. The number of carbonyl (C=O) groups excluding carboxylic acids is 3. The van der Waals surface area contributed by atoms with Crippen molar-refractivity contribution in [3.05, 3.63) is 170 Å². The van der Waals surface area contributed by atoms with Gasteiger partial charge in [-0.15, -0.1) is 0 Å². The van der Waals surface area contributed by atoms with Gasteiger partial charge in [0, 0.05) is 19.3 Å². The van der Waals surface area contributed by atoms with Gasteiger partial charge in [-0.05, 0) is 122 Å². The van der Waals surface area contributed by atoms with Gasteiger partial charge in [0.1, 0.15) is 13.2 Å². The third-order valence-corrected chi connectivity index (χ3v) is 9.71. The van der Waals surface area contributed by atoms with Crippen molar-refractivity contribution in [2.45, 2.75) is 181 Å². The summed E-state index contributed by atoms with van der Waals surface area (Å²) in [5.41, 5.74) is 0. The number of ether oxygens (including phenoxy) is 3. The van der Waals surface area contributed by atoms with Crippen LogP contribution in [0.4, 0.5) is 0 Å². The van der Waals surface area contributed by atoms with Gasteiger partial charge in [-0.3, -0.25) is 14.4 Å². The Kier molecular flexibility index (Phi) is 49.2. The van der Waals surface area contributed by atoms with E-state index in [1.54, 1.807) is 0 Å². The van der Waals surface area contributed by atoms with Crippen molar-refractivity contribution in [1.82, 2.24) is 0 Å². The molecule has 6 heteroatoms. The van der Waals surface area contributed by atoms with Gasteiger partial charge < -0.3 is 14.2 Å². The van der Waals surface area contributed by atoms with Crippen LogP contribution in [0, 0.1) is 0 Å². The second-order valence-electron chi connectivity index (χ2n) is 16.0. The van der Waals surface area contributed by atoms with Crippen LogP contribution in [0.25, 0.3) is 0 Å². The molecule has 0 saturated carbocycles. The highest BCUT2D eigenvalue weighted by atomic mass is 16.6. The molecule has 370 valence electrons. The molecular weight excluding hydrogens is 829 g/mol. The van der Waals surface area contributed by atoms with Crippen LogP contribution in [-0.4, -0.2) is 37.2 Å². The van der Waals surface area contributed by atoms with Crippen molar-refractivity contribution >= 4 is 17.9 Å². The molecule has 0 radical (unpaired) electrons. The standard InChI is InChI=1S/C61H90O6/c1-4-7-10-13-16-19-22-25-28-31-34-36-39-42-45-48-51-54-60(63)66-57-58(67-61(64)55-52-49-46-43-40-37-33-30-27-24-21-18-15-12-9-6-3)56-65-59(62)53-50-47-44-41-38-35-32-29-26-23-20-17-14-11-8-5-2/h8-9,11-12,16-21,25-30,34-38,40,42,44-47,49,58H,4-7,10,13-15,22-24,31-33,39,41,43,48,50-57H2,1-3H3/b11-8-,12-9-,19-16-,20-17-,21-18-,28-25-,29-26-,30-27-,36-34-,38-35-,40-37-,45-42-,47-44-,49-46-. The van der Waals surface area contributed by atoms with Gasteiger partial charge in [0.05, 0.1) is 0 Å². The van der Waals surface area contributed by atoms with Crippen molar-refractivity contribution in [2.75, 3.05) is 13.2 Å². The number of allylic oxidation sites excluding steroid dienone is 28. The molecule has 0 rings (SSSR count). The van der Waals surface area contributed by atoms with E-state index in [0.717, 1.165) is 89.9 Å². The average Bonchev–Trinajstić information content (AvgIpc) is 3.33. The van der Waals surface area contributed by atoms with E-state index in [4.69, 9.17) is 14.2 Å². The molecule has 6 nitrogen and oxygen atoms in total. The number of esters is 3. The number of unbranched alkanes of at least 4 members (excludes halogenated alkanes) is 4. The minimum Gasteiger partial charge on any atom is -0.462 e. The van der Waals surface area contributed by atoms with E-state index in [9.17, 15) is 14.4 Å². The first-order valence-corrected chi connectivity index (χ1v) is 25.6. The largest absolute Gasteiger partial charge is 0.462 e. The maximum absolute atomic E-state index is 12.8. The molecule has 1 atom stereocenters. The van der Waals surface area contributed by atoms with Crippen LogP contribution in [-0.2, 0) is 28.6 Å². The number of carbonyl (C=O) groups is 3. The van der Waals surface area contributed by atoms with Crippen LogP contribution in [0.15, 0.2) is 170 Å². The molecule has 0 heterocycles. The maximum Gasteiger partial charge on any atom is 0.306 e. The highest BCUT2D eigenvalue weighted by Crippen LogP contribution is 2.08. The van der Waals surface area contributed by atoms with Crippen molar-refractivity contribution in [3.63, 3.8) is 0 Å². The smallest absolute Gasteiger partial charge is 0.306 e. The molecule has 0 aliphatic rings. The molecule has 0 aromatic carbocycles. The van der Waals surface area contributed by atoms with E-state index in [1.807, 2.05) is 24.3 Å². The van der Waals surface area contributed by atoms with Crippen molar-refractivity contribution < 1.29 is 28.6 Å². The van der Waals surface area contributed by atoms with Gasteiger partial charge in [-0.2, -0.15) is 0 Å². The second kappa shape index (κ2) is 53.4. The summed E-state index contributed by atoms with van der Waals surface area (Å²) in [5.74, 6) is -1.21. The zero-order valence-corrected chi connectivity index (χ0v) is 42.1.